The molecular weight excluding hydrogens is 280 g/mol. The van der Waals surface area contributed by atoms with Gasteiger partial charge in [-0.25, -0.2) is 4.98 Å². The van der Waals surface area contributed by atoms with Gasteiger partial charge in [0.05, 0.1) is 17.7 Å². The molecule has 0 aliphatic heterocycles. The number of fused-ring (bicyclic) bond motifs is 1. The van der Waals surface area contributed by atoms with E-state index in [9.17, 15) is 9.59 Å². The number of hydrogen-bond donors (Lipinski definition) is 2. The van der Waals surface area contributed by atoms with Crippen molar-refractivity contribution in [3.63, 3.8) is 0 Å². The Morgan fingerprint density at radius 2 is 2.35 bits per heavy atom. The van der Waals surface area contributed by atoms with Gasteiger partial charge in [-0.05, 0) is 6.92 Å². The van der Waals surface area contributed by atoms with Crippen molar-refractivity contribution in [2.24, 2.45) is 0 Å². The molecule has 0 fully saturated rings. The molecule has 0 unspecified atom stereocenters. The summed E-state index contributed by atoms with van der Waals surface area (Å²) in [5, 5.41) is 10.4. The molecule has 3 aromatic heterocycles. The second kappa shape index (κ2) is 4.85. The van der Waals surface area contributed by atoms with E-state index in [1.807, 2.05) is 0 Å². The van der Waals surface area contributed by atoms with Crippen LogP contribution >= 0.6 is 11.3 Å². The van der Waals surface area contributed by atoms with E-state index in [0.29, 0.717) is 16.4 Å². The number of aromatic nitrogens is 5. The number of amides is 1. The SMILES string of the molecule is Cc1ncsc1C(=O)NCc1nnc2c(=O)[nH]ccn12. The minimum atomic E-state index is -0.323. The third-order valence-corrected chi connectivity index (χ3v) is 3.69. The van der Waals surface area contributed by atoms with E-state index in [-0.39, 0.29) is 23.7 Å². The summed E-state index contributed by atoms with van der Waals surface area (Å²) in [7, 11) is 0. The first kappa shape index (κ1) is 12.5. The average Bonchev–Trinajstić information content (AvgIpc) is 3.03. The Morgan fingerprint density at radius 1 is 1.50 bits per heavy atom. The van der Waals surface area contributed by atoms with E-state index in [0.717, 1.165) is 0 Å². The second-order valence-electron chi connectivity index (χ2n) is 4.05. The molecule has 3 aromatic rings. The molecular formula is C11H10N6O2S. The normalized spacial score (nSPS) is 10.8. The number of carbonyl (C=O) groups excluding carboxylic acids is 1. The second-order valence-corrected chi connectivity index (χ2v) is 4.90. The van der Waals surface area contributed by atoms with E-state index < -0.39 is 0 Å². The molecule has 0 aliphatic carbocycles. The Hall–Kier alpha value is -2.55. The number of H-pyrrole nitrogens is 1. The molecule has 9 heteroatoms. The largest absolute Gasteiger partial charge is 0.344 e. The van der Waals surface area contributed by atoms with Crippen LogP contribution in [0.5, 0.6) is 0 Å². The average molecular weight is 290 g/mol. The number of rotatable bonds is 3. The van der Waals surface area contributed by atoms with Crippen LogP contribution in [0, 0.1) is 6.92 Å². The summed E-state index contributed by atoms with van der Waals surface area (Å²) in [6, 6.07) is 0. The smallest absolute Gasteiger partial charge is 0.293 e. The van der Waals surface area contributed by atoms with Gasteiger partial charge < -0.3 is 10.3 Å². The van der Waals surface area contributed by atoms with E-state index in [1.165, 1.54) is 17.5 Å². The molecule has 0 spiro atoms. The van der Waals surface area contributed by atoms with Gasteiger partial charge in [0, 0.05) is 12.4 Å². The van der Waals surface area contributed by atoms with E-state index in [2.05, 4.69) is 25.5 Å². The minimum absolute atomic E-state index is 0.181. The maximum absolute atomic E-state index is 12.0. The van der Waals surface area contributed by atoms with Gasteiger partial charge in [-0.1, -0.05) is 0 Å². The molecule has 0 saturated carbocycles. The van der Waals surface area contributed by atoms with Gasteiger partial charge in [0.15, 0.2) is 5.82 Å². The van der Waals surface area contributed by atoms with E-state index in [4.69, 9.17) is 0 Å². The van der Waals surface area contributed by atoms with Gasteiger partial charge in [0.2, 0.25) is 5.65 Å². The topological polar surface area (TPSA) is 105 Å². The van der Waals surface area contributed by atoms with Gasteiger partial charge in [0.25, 0.3) is 11.5 Å². The number of nitrogens with zero attached hydrogens (tertiary/aromatic N) is 4. The Morgan fingerprint density at radius 3 is 3.10 bits per heavy atom. The lowest BCUT2D eigenvalue weighted by molar-refractivity contribution is 0.0953. The molecule has 0 saturated heterocycles. The Bertz CT molecular complexity index is 833. The molecule has 8 nitrogen and oxygen atoms in total. The molecule has 102 valence electrons. The van der Waals surface area contributed by atoms with Crippen LogP contribution in [0.25, 0.3) is 5.65 Å². The highest BCUT2D eigenvalue weighted by Gasteiger charge is 2.13. The summed E-state index contributed by atoms with van der Waals surface area (Å²) in [6.45, 7) is 1.96. The number of hydrogen-bond acceptors (Lipinski definition) is 6. The van der Waals surface area contributed by atoms with Crippen LogP contribution in [-0.2, 0) is 6.54 Å². The standard InChI is InChI=1S/C11H10N6O2S/c1-6-8(20-5-14-6)10(18)13-4-7-15-16-9-11(19)12-2-3-17(7)9/h2-3,5H,4H2,1H3,(H,12,19)(H,13,18). The summed E-state index contributed by atoms with van der Waals surface area (Å²) < 4.78 is 1.54. The maximum Gasteiger partial charge on any atom is 0.293 e. The third kappa shape index (κ3) is 2.07. The first-order valence-corrected chi connectivity index (χ1v) is 6.64. The van der Waals surface area contributed by atoms with Gasteiger partial charge in [-0.15, -0.1) is 21.5 Å². The molecule has 20 heavy (non-hydrogen) atoms. The predicted octanol–water partition coefficient (Wildman–Crippen LogP) is 0.113. The summed E-state index contributed by atoms with van der Waals surface area (Å²) in [6.07, 6.45) is 3.13. The number of nitrogens with one attached hydrogen (secondary N) is 2. The lowest BCUT2D eigenvalue weighted by Crippen LogP contribution is -2.24. The van der Waals surface area contributed by atoms with Crippen molar-refractivity contribution >= 4 is 22.9 Å². The highest BCUT2D eigenvalue weighted by molar-refractivity contribution is 7.11. The quantitative estimate of drug-likeness (QED) is 0.712. The fraction of sp³-hybridized carbons (Fsp3) is 0.182. The molecule has 0 aliphatic rings. The highest BCUT2D eigenvalue weighted by Crippen LogP contribution is 2.11. The van der Waals surface area contributed by atoms with Crippen molar-refractivity contribution in [3.8, 4) is 0 Å². The first-order chi connectivity index (χ1) is 9.66. The molecule has 0 aromatic carbocycles. The van der Waals surface area contributed by atoms with Crippen LogP contribution in [0.2, 0.25) is 0 Å². The molecule has 0 bridgehead atoms. The lowest BCUT2D eigenvalue weighted by atomic mass is 10.4. The molecule has 3 heterocycles. The molecule has 1 amide bonds. The van der Waals surface area contributed by atoms with Crippen LogP contribution in [0.15, 0.2) is 22.7 Å². The molecule has 0 atom stereocenters. The molecule has 0 radical (unpaired) electrons. The summed E-state index contributed by atoms with van der Waals surface area (Å²) in [4.78, 5) is 30.5. The summed E-state index contributed by atoms with van der Waals surface area (Å²) >= 11 is 1.28. The van der Waals surface area contributed by atoms with Crippen molar-refractivity contribution in [1.29, 1.82) is 0 Å². The molecule has 2 N–H and O–H groups in total. The van der Waals surface area contributed by atoms with E-state index >= 15 is 0 Å². The van der Waals surface area contributed by atoms with Gasteiger partial charge in [0.1, 0.15) is 4.88 Å². The summed E-state index contributed by atoms with van der Waals surface area (Å²) in [5.74, 6) is 0.271. The Kier molecular flexibility index (Phi) is 3.03. The fourth-order valence-corrected chi connectivity index (χ4v) is 2.49. The van der Waals surface area contributed by atoms with Crippen LogP contribution < -0.4 is 10.9 Å². The zero-order valence-electron chi connectivity index (χ0n) is 10.5. The zero-order chi connectivity index (χ0) is 14.1. The zero-order valence-corrected chi connectivity index (χ0v) is 11.3. The number of carbonyl (C=O) groups is 1. The summed E-state index contributed by atoms with van der Waals surface area (Å²) in [5.41, 5.74) is 2.19. The van der Waals surface area contributed by atoms with Crippen molar-refractivity contribution < 1.29 is 4.79 Å². The third-order valence-electron chi connectivity index (χ3n) is 2.77. The van der Waals surface area contributed by atoms with Crippen molar-refractivity contribution in [2.75, 3.05) is 0 Å². The Labute approximate surface area is 116 Å². The van der Waals surface area contributed by atoms with Crippen LogP contribution in [-0.4, -0.2) is 30.5 Å². The van der Waals surface area contributed by atoms with Crippen molar-refractivity contribution in [2.45, 2.75) is 13.5 Å². The minimum Gasteiger partial charge on any atom is -0.344 e. The van der Waals surface area contributed by atoms with Gasteiger partial charge in [-0.2, -0.15) is 0 Å². The van der Waals surface area contributed by atoms with Crippen LogP contribution in [0.3, 0.4) is 0 Å². The maximum atomic E-state index is 12.0. The molecule has 3 rings (SSSR count). The lowest BCUT2D eigenvalue weighted by Gasteiger charge is -2.02. The first-order valence-electron chi connectivity index (χ1n) is 5.76. The fourth-order valence-electron chi connectivity index (χ4n) is 1.77. The van der Waals surface area contributed by atoms with Crippen LogP contribution in [0.1, 0.15) is 21.2 Å². The van der Waals surface area contributed by atoms with Crippen molar-refractivity contribution in [1.82, 2.24) is 29.9 Å². The van der Waals surface area contributed by atoms with E-state index in [1.54, 1.807) is 23.0 Å². The number of aryl methyl sites for hydroxylation is 1. The number of aromatic amines is 1. The number of thiazole rings is 1. The Balaban J connectivity index is 1.81. The van der Waals surface area contributed by atoms with Gasteiger partial charge in [-0.3, -0.25) is 14.0 Å². The van der Waals surface area contributed by atoms with Gasteiger partial charge >= 0.3 is 0 Å². The highest BCUT2D eigenvalue weighted by atomic mass is 32.1. The predicted molar refractivity (Wildman–Crippen MR) is 71.6 cm³/mol. The monoisotopic (exact) mass is 290 g/mol. The van der Waals surface area contributed by atoms with Crippen LogP contribution in [0.4, 0.5) is 0 Å². The van der Waals surface area contributed by atoms with Crippen molar-refractivity contribution in [3.05, 3.63) is 44.7 Å².